The van der Waals surface area contributed by atoms with E-state index < -0.39 is 29.1 Å². The Morgan fingerprint density at radius 2 is 1.69 bits per heavy atom. The van der Waals surface area contributed by atoms with E-state index in [1.165, 1.54) is 24.3 Å². The van der Waals surface area contributed by atoms with Crippen molar-refractivity contribution < 1.29 is 31.8 Å². The maximum atomic E-state index is 14.9. The minimum atomic E-state index is -4.47. The van der Waals surface area contributed by atoms with Crippen molar-refractivity contribution in [1.82, 2.24) is 4.90 Å². The molecule has 0 N–H and O–H groups in total. The minimum Gasteiger partial charge on any atom is -0.490 e. The van der Waals surface area contributed by atoms with Crippen LogP contribution in [0.25, 0.3) is 0 Å². The van der Waals surface area contributed by atoms with Gasteiger partial charge in [-0.25, -0.2) is 9.18 Å². The number of piperidine rings is 1. The Kier molecular flexibility index (Phi) is 7.13. The van der Waals surface area contributed by atoms with E-state index in [-0.39, 0.29) is 17.4 Å². The highest BCUT2D eigenvalue weighted by atomic mass is 19.4. The molecule has 2 aliphatic rings. The van der Waals surface area contributed by atoms with E-state index in [0.717, 1.165) is 30.0 Å². The van der Waals surface area contributed by atoms with Crippen molar-refractivity contribution in [1.29, 1.82) is 0 Å². The monoisotopic (exact) mass is 493 g/mol. The number of carbonyl (C=O) groups is 1. The lowest BCUT2D eigenvalue weighted by molar-refractivity contribution is -0.139. The molecular weight excluding hydrogens is 462 g/mol. The van der Waals surface area contributed by atoms with Gasteiger partial charge in [-0.2, -0.15) is 13.2 Å². The highest BCUT2D eigenvalue weighted by molar-refractivity contribution is 5.90. The van der Waals surface area contributed by atoms with Gasteiger partial charge in [0.05, 0.1) is 11.1 Å². The third-order valence-corrected chi connectivity index (χ3v) is 6.28. The summed E-state index contributed by atoms with van der Waals surface area (Å²) in [5, 5.41) is 0. The van der Waals surface area contributed by atoms with Crippen LogP contribution in [0.15, 0.2) is 36.4 Å². The van der Waals surface area contributed by atoms with Gasteiger partial charge in [0.2, 0.25) is 0 Å². The smallest absolute Gasteiger partial charge is 0.419 e. The van der Waals surface area contributed by atoms with Gasteiger partial charge in [-0.15, -0.1) is 0 Å². The normalized spacial score (nSPS) is 17.9. The molecule has 2 fully saturated rings. The second kappa shape index (κ2) is 9.80. The molecule has 1 saturated carbocycles. The summed E-state index contributed by atoms with van der Waals surface area (Å²) >= 11 is 0. The van der Waals surface area contributed by atoms with Gasteiger partial charge in [-0.3, -0.25) is 4.90 Å². The molecule has 4 nitrogen and oxygen atoms in total. The van der Waals surface area contributed by atoms with Gasteiger partial charge in [0, 0.05) is 19.6 Å². The van der Waals surface area contributed by atoms with Crippen molar-refractivity contribution >= 4 is 5.97 Å². The number of ether oxygens (including phenoxy) is 2. The molecule has 4 rings (SSSR count). The predicted octanol–water partition coefficient (Wildman–Crippen LogP) is 6.72. The van der Waals surface area contributed by atoms with Crippen LogP contribution in [-0.4, -0.2) is 35.7 Å². The predicted molar refractivity (Wildman–Crippen MR) is 124 cm³/mol. The zero-order chi connectivity index (χ0) is 25.4. The fourth-order valence-corrected chi connectivity index (χ4v) is 4.44. The van der Waals surface area contributed by atoms with Crippen LogP contribution in [0.2, 0.25) is 0 Å². The Morgan fingerprint density at radius 3 is 2.29 bits per heavy atom. The second-order valence-electron chi connectivity index (χ2n) is 10.4. The average molecular weight is 494 g/mol. The van der Waals surface area contributed by atoms with Crippen molar-refractivity contribution in [3.8, 4) is 5.75 Å². The van der Waals surface area contributed by atoms with Crippen molar-refractivity contribution in [3.05, 3.63) is 64.5 Å². The molecule has 0 unspecified atom stereocenters. The Hall–Kier alpha value is -2.61. The van der Waals surface area contributed by atoms with Gasteiger partial charge in [-0.1, -0.05) is 12.1 Å². The van der Waals surface area contributed by atoms with Crippen molar-refractivity contribution in [3.63, 3.8) is 0 Å². The lowest BCUT2D eigenvalue weighted by Gasteiger charge is -2.33. The van der Waals surface area contributed by atoms with Crippen molar-refractivity contribution in [2.45, 2.75) is 76.8 Å². The number of esters is 1. The van der Waals surface area contributed by atoms with Crippen LogP contribution in [0.4, 0.5) is 17.6 Å². The molecule has 1 aliphatic heterocycles. The van der Waals surface area contributed by atoms with E-state index in [4.69, 9.17) is 9.47 Å². The number of halogens is 4. The molecule has 0 atom stereocenters. The fourth-order valence-electron chi connectivity index (χ4n) is 4.44. The molecule has 8 heteroatoms. The SMILES string of the molecule is CC(C)(C)OC(=O)c1cc(C2CC2)c(CN2CCC(Oc3ccccc3C(F)(F)F)CC2)cc1F. The number of nitrogens with zero attached hydrogens (tertiary/aromatic N) is 1. The highest BCUT2D eigenvalue weighted by Crippen LogP contribution is 2.43. The number of rotatable bonds is 6. The van der Waals surface area contributed by atoms with Crippen LogP contribution in [0.1, 0.15) is 79.4 Å². The van der Waals surface area contributed by atoms with Gasteiger partial charge < -0.3 is 9.47 Å². The minimum absolute atomic E-state index is 0.0407. The van der Waals surface area contributed by atoms with Crippen molar-refractivity contribution in [2.75, 3.05) is 13.1 Å². The van der Waals surface area contributed by atoms with E-state index in [9.17, 15) is 22.4 Å². The Bertz CT molecular complexity index is 1070. The standard InChI is InChI=1S/C27H31F4NO3/c1-26(2,3)35-25(33)21-15-20(17-8-9-17)18(14-23(21)28)16-32-12-10-19(11-13-32)34-24-7-5-4-6-22(24)27(29,30)31/h4-7,14-15,17,19H,8-13,16H2,1-3H3. The third-order valence-electron chi connectivity index (χ3n) is 6.28. The summed E-state index contributed by atoms with van der Waals surface area (Å²) in [7, 11) is 0. The van der Waals surface area contributed by atoms with E-state index in [1.807, 2.05) is 0 Å². The first-order chi connectivity index (χ1) is 16.4. The number of hydrogen-bond acceptors (Lipinski definition) is 4. The molecule has 35 heavy (non-hydrogen) atoms. The molecule has 2 aromatic carbocycles. The molecule has 1 aliphatic carbocycles. The fraction of sp³-hybridized carbons (Fsp3) is 0.519. The Balaban J connectivity index is 1.41. The Labute approximate surface area is 203 Å². The lowest BCUT2D eigenvalue weighted by Crippen LogP contribution is -2.38. The number of likely N-dealkylation sites (tertiary alicyclic amines) is 1. The van der Waals surface area contributed by atoms with Gasteiger partial charge in [0.1, 0.15) is 23.3 Å². The summed E-state index contributed by atoms with van der Waals surface area (Å²) in [6.45, 7) is 7.00. The number of hydrogen-bond donors (Lipinski definition) is 0. The molecule has 1 saturated heterocycles. The quantitative estimate of drug-likeness (QED) is 0.331. The molecule has 0 amide bonds. The lowest BCUT2D eigenvalue weighted by atomic mass is 9.97. The first-order valence-electron chi connectivity index (χ1n) is 12.0. The van der Waals surface area contributed by atoms with Crippen molar-refractivity contribution in [2.24, 2.45) is 0 Å². The molecule has 0 bridgehead atoms. The first-order valence-corrected chi connectivity index (χ1v) is 12.0. The topological polar surface area (TPSA) is 38.8 Å². The molecule has 0 aromatic heterocycles. The molecule has 2 aromatic rings. The van der Waals surface area contributed by atoms with Gasteiger partial charge >= 0.3 is 12.1 Å². The second-order valence-corrected chi connectivity index (χ2v) is 10.4. The summed E-state index contributed by atoms with van der Waals surface area (Å²) in [4.78, 5) is 14.6. The van der Waals surface area contributed by atoms with Gasteiger partial charge in [0.15, 0.2) is 0 Å². The summed E-state index contributed by atoms with van der Waals surface area (Å²) in [6, 6.07) is 8.35. The van der Waals surface area contributed by atoms with Gasteiger partial charge in [-0.05, 0) is 87.8 Å². The van der Waals surface area contributed by atoms with Crippen LogP contribution in [-0.2, 0) is 17.5 Å². The van der Waals surface area contributed by atoms with E-state index in [0.29, 0.717) is 38.4 Å². The third kappa shape index (κ3) is 6.54. The molecule has 0 spiro atoms. The molecule has 1 heterocycles. The van der Waals surface area contributed by atoms with E-state index in [2.05, 4.69) is 4.90 Å². The summed E-state index contributed by atoms with van der Waals surface area (Å²) < 4.78 is 65.8. The number of carbonyl (C=O) groups excluding carboxylic acids is 1. The molecular formula is C27H31F4NO3. The van der Waals surface area contributed by atoms with Gasteiger partial charge in [0.25, 0.3) is 0 Å². The summed E-state index contributed by atoms with van der Waals surface area (Å²) in [5.74, 6) is -1.10. The maximum absolute atomic E-state index is 14.9. The zero-order valence-electron chi connectivity index (χ0n) is 20.3. The number of alkyl halides is 3. The molecule has 0 radical (unpaired) electrons. The van der Waals surface area contributed by atoms with Crippen LogP contribution >= 0.6 is 0 Å². The average Bonchev–Trinajstić information content (AvgIpc) is 3.59. The number of benzene rings is 2. The van der Waals surface area contributed by atoms with Crippen LogP contribution < -0.4 is 4.74 Å². The maximum Gasteiger partial charge on any atom is 0.419 e. The summed E-state index contributed by atoms with van der Waals surface area (Å²) in [5.41, 5.74) is 0.302. The van der Waals surface area contributed by atoms with Crippen LogP contribution in [0.3, 0.4) is 0 Å². The zero-order valence-corrected chi connectivity index (χ0v) is 20.3. The highest BCUT2D eigenvalue weighted by Gasteiger charge is 2.35. The first kappa shape index (κ1) is 25.5. The van der Waals surface area contributed by atoms with E-state index in [1.54, 1.807) is 26.8 Å². The number of para-hydroxylation sites is 1. The Morgan fingerprint density at radius 1 is 1.03 bits per heavy atom. The van der Waals surface area contributed by atoms with Crippen LogP contribution in [0, 0.1) is 5.82 Å². The largest absolute Gasteiger partial charge is 0.490 e. The molecule has 190 valence electrons. The van der Waals surface area contributed by atoms with Crippen LogP contribution in [0.5, 0.6) is 5.75 Å². The van der Waals surface area contributed by atoms with E-state index >= 15 is 0 Å². The summed E-state index contributed by atoms with van der Waals surface area (Å²) in [6.07, 6.45) is -1.63.